The molecule has 0 spiro atoms. The molecule has 0 N–H and O–H groups in total. The number of rotatable bonds is 12. The van der Waals surface area contributed by atoms with Gasteiger partial charge in [0, 0.05) is 0 Å². The van der Waals surface area contributed by atoms with Gasteiger partial charge in [-0.05, 0) is 86.5 Å². The molecule has 0 bridgehead atoms. The Kier molecular flexibility index (Phi) is 11.9. The molecule has 0 fully saturated rings. The van der Waals surface area contributed by atoms with Gasteiger partial charge in [0.1, 0.15) is 24.6 Å². The van der Waals surface area contributed by atoms with Gasteiger partial charge in [-0.15, -0.1) is 0 Å². The number of nitrogens with zero attached hydrogens (tertiary/aromatic N) is 3. The Balaban J connectivity index is 1.59. The summed E-state index contributed by atoms with van der Waals surface area (Å²) in [5.74, 6) is -1.34. The zero-order chi connectivity index (χ0) is 34.5. The summed E-state index contributed by atoms with van der Waals surface area (Å²) in [6.07, 6.45) is -0.393. The number of hydrogen-bond acceptors (Lipinski definition) is 9. The predicted molar refractivity (Wildman–Crippen MR) is 184 cm³/mol. The average molecular weight is 666 g/mol. The van der Waals surface area contributed by atoms with E-state index in [0.29, 0.717) is 11.4 Å². The van der Waals surface area contributed by atoms with Crippen molar-refractivity contribution in [3.63, 3.8) is 0 Å². The third-order valence-corrected chi connectivity index (χ3v) is 18.0. The highest BCUT2D eigenvalue weighted by Gasteiger charge is 2.39. The first-order valence-corrected chi connectivity index (χ1v) is 21.6. The van der Waals surface area contributed by atoms with Crippen molar-refractivity contribution in [3.8, 4) is 0 Å². The second-order valence-electron chi connectivity index (χ2n) is 14.7. The van der Waals surface area contributed by atoms with E-state index in [0.717, 1.165) is 11.4 Å². The number of carbonyl (C=O) groups is 2. The number of aromatic nitrogens is 3. The smallest absolute Gasteiger partial charge is 0.357 e. The lowest BCUT2D eigenvalue weighted by atomic mass is 10.2. The first-order chi connectivity index (χ1) is 21.2. The molecule has 46 heavy (non-hydrogen) atoms. The highest BCUT2D eigenvalue weighted by atomic mass is 28.4. The SMILES string of the molecule is C[C@H](O[Si](C)(C)C(C)(C)C)c1cccc(COC(=O)c2cccc(C(=O)OCc3cccc([C@H](C)O[Si](C)(C)C(C)(C)C)n3)n2)n1. The van der Waals surface area contributed by atoms with Crippen molar-refractivity contribution in [2.45, 2.75) is 117 Å². The Hall–Kier alpha value is -3.26. The molecule has 0 aromatic carbocycles. The fourth-order valence-electron chi connectivity index (χ4n) is 4.06. The van der Waals surface area contributed by atoms with Gasteiger partial charge in [0.2, 0.25) is 0 Å². The monoisotopic (exact) mass is 665 g/mol. The van der Waals surface area contributed by atoms with Gasteiger partial charge in [-0.25, -0.2) is 14.6 Å². The van der Waals surface area contributed by atoms with E-state index in [1.54, 1.807) is 18.2 Å². The van der Waals surface area contributed by atoms with Crippen molar-refractivity contribution in [1.29, 1.82) is 0 Å². The summed E-state index contributed by atoms with van der Waals surface area (Å²) >= 11 is 0. The van der Waals surface area contributed by atoms with Crippen LogP contribution in [0.1, 0.15) is 111 Å². The Labute approximate surface area is 276 Å². The van der Waals surface area contributed by atoms with Crippen LogP contribution in [0, 0.1) is 0 Å². The maximum Gasteiger partial charge on any atom is 0.357 e. The molecule has 0 saturated carbocycles. The van der Waals surface area contributed by atoms with Crippen LogP contribution in [0.2, 0.25) is 36.3 Å². The van der Waals surface area contributed by atoms with Crippen LogP contribution < -0.4 is 0 Å². The van der Waals surface area contributed by atoms with Gasteiger partial charge in [0.05, 0.1) is 35.0 Å². The molecule has 0 amide bonds. The highest BCUT2D eigenvalue weighted by molar-refractivity contribution is 6.74. The second-order valence-corrected chi connectivity index (χ2v) is 24.2. The van der Waals surface area contributed by atoms with Crippen molar-refractivity contribution in [2.24, 2.45) is 0 Å². The topological polar surface area (TPSA) is 110 Å². The summed E-state index contributed by atoms with van der Waals surface area (Å²) in [5, 5.41) is 0.145. The van der Waals surface area contributed by atoms with E-state index in [2.05, 4.69) is 82.7 Å². The molecule has 9 nitrogen and oxygen atoms in total. The lowest BCUT2D eigenvalue weighted by Crippen LogP contribution is -2.41. The molecule has 0 aliphatic rings. The van der Waals surface area contributed by atoms with Crippen LogP contribution in [0.15, 0.2) is 54.6 Å². The summed E-state index contributed by atoms with van der Waals surface area (Å²) in [4.78, 5) is 39.2. The molecule has 3 rings (SSSR count). The van der Waals surface area contributed by atoms with Crippen LogP contribution in [0.3, 0.4) is 0 Å². The van der Waals surface area contributed by atoms with E-state index >= 15 is 0 Å². The Morgan fingerprint density at radius 3 is 1.30 bits per heavy atom. The fraction of sp³-hybridized carbons (Fsp3) is 0.514. The number of hydrogen-bond donors (Lipinski definition) is 0. The van der Waals surface area contributed by atoms with E-state index in [1.165, 1.54) is 12.1 Å². The second kappa shape index (κ2) is 14.7. The fourth-order valence-corrected chi connectivity index (χ4v) is 6.77. The largest absolute Gasteiger partial charge is 0.454 e. The van der Waals surface area contributed by atoms with Crippen LogP contribution in [0.25, 0.3) is 0 Å². The van der Waals surface area contributed by atoms with Crippen molar-refractivity contribution >= 4 is 28.6 Å². The van der Waals surface area contributed by atoms with Gasteiger partial charge in [-0.3, -0.25) is 9.97 Å². The molecule has 2 atom stereocenters. The number of carbonyl (C=O) groups excluding carboxylic acids is 2. The van der Waals surface area contributed by atoms with E-state index in [1.807, 2.05) is 38.1 Å². The van der Waals surface area contributed by atoms with Gasteiger partial charge in [-0.1, -0.05) is 59.7 Å². The van der Waals surface area contributed by atoms with Crippen molar-refractivity contribution in [3.05, 3.63) is 88.8 Å². The molecule has 0 aliphatic heterocycles. The summed E-state index contributed by atoms with van der Waals surface area (Å²) in [7, 11) is -3.98. The third kappa shape index (κ3) is 9.87. The summed E-state index contributed by atoms with van der Waals surface area (Å²) < 4.78 is 23.9. The van der Waals surface area contributed by atoms with Crippen LogP contribution in [-0.4, -0.2) is 43.5 Å². The van der Waals surface area contributed by atoms with Gasteiger partial charge in [0.25, 0.3) is 0 Å². The Bertz CT molecular complexity index is 1410. The van der Waals surface area contributed by atoms with E-state index in [4.69, 9.17) is 18.3 Å². The highest BCUT2D eigenvalue weighted by Crippen LogP contribution is 2.40. The first-order valence-electron chi connectivity index (χ1n) is 15.8. The number of pyridine rings is 3. The Morgan fingerprint density at radius 2 is 0.957 bits per heavy atom. The van der Waals surface area contributed by atoms with E-state index < -0.39 is 28.6 Å². The molecular weight excluding hydrogens is 615 g/mol. The van der Waals surface area contributed by atoms with Gasteiger partial charge in [0.15, 0.2) is 16.6 Å². The molecule has 250 valence electrons. The van der Waals surface area contributed by atoms with Crippen LogP contribution in [0.4, 0.5) is 0 Å². The molecule has 3 aromatic heterocycles. The lowest BCUT2D eigenvalue weighted by molar-refractivity contribution is 0.0451. The van der Waals surface area contributed by atoms with Crippen LogP contribution in [0.5, 0.6) is 0 Å². The maximum absolute atomic E-state index is 12.8. The zero-order valence-electron chi connectivity index (χ0n) is 29.6. The molecular formula is C35H51N3O6Si2. The van der Waals surface area contributed by atoms with Crippen molar-refractivity contribution in [1.82, 2.24) is 15.0 Å². The van der Waals surface area contributed by atoms with Crippen LogP contribution >= 0.6 is 0 Å². The quantitative estimate of drug-likeness (QED) is 0.138. The predicted octanol–water partition coefficient (Wildman–Crippen LogP) is 8.75. The summed E-state index contributed by atoms with van der Waals surface area (Å²) in [6, 6.07) is 15.7. The molecule has 3 aromatic rings. The van der Waals surface area contributed by atoms with Gasteiger partial charge >= 0.3 is 11.9 Å². The average Bonchev–Trinajstić information content (AvgIpc) is 2.97. The van der Waals surface area contributed by atoms with Crippen molar-refractivity contribution in [2.75, 3.05) is 0 Å². The minimum absolute atomic E-state index is 0.00282. The van der Waals surface area contributed by atoms with Gasteiger partial charge < -0.3 is 18.3 Å². The lowest BCUT2D eigenvalue weighted by Gasteiger charge is -2.38. The zero-order valence-corrected chi connectivity index (χ0v) is 31.6. The maximum atomic E-state index is 12.8. The summed E-state index contributed by atoms with van der Waals surface area (Å²) in [6.45, 7) is 25.9. The molecule has 3 heterocycles. The first kappa shape index (κ1) is 37.2. The van der Waals surface area contributed by atoms with Crippen LogP contribution in [-0.2, 0) is 31.5 Å². The normalized spacial score (nSPS) is 14.0. The third-order valence-electron chi connectivity index (χ3n) is 8.91. The molecule has 0 radical (unpaired) electrons. The number of esters is 2. The van der Waals surface area contributed by atoms with E-state index in [-0.39, 0.29) is 46.9 Å². The minimum atomic E-state index is -1.99. The van der Waals surface area contributed by atoms with Crippen molar-refractivity contribution < 1.29 is 27.9 Å². The standard InChI is InChI=1S/C35H51N3O6Si2/c1-24(43-45(9,10)34(3,4)5)28-18-13-16-26(36-28)22-41-32(39)30-20-15-21-31(38-30)33(40)42-23-27-17-14-19-29(37-27)25(2)44-46(11,12)35(6,7)8/h13-21,24-25H,22-23H2,1-12H3/t24-,25-/m0/s1. The Morgan fingerprint density at radius 1 is 0.609 bits per heavy atom. The van der Waals surface area contributed by atoms with Gasteiger partial charge in [-0.2, -0.15) is 0 Å². The summed E-state index contributed by atoms with van der Waals surface area (Å²) in [5.41, 5.74) is 2.73. The molecule has 0 saturated heterocycles. The molecule has 0 aliphatic carbocycles. The van der Waals surface area contributed by atoms with E-state index in [9.17, 15) is 9.59 Å². The molecule has 11 heteroatoms. The number of ether oxygens (including phenoxy) is 2. The minimum Gasteiger partial charge on any atom is -0.454 e. The molecule has 0 unspecified atom stereocenters.